The number of hydrogen-bond acceptors (Lipinski definition) is 8. The second kappa shape index (κ2) is 6.94. The lowest BCUT2D eigenvalue weighted by Crippen LogP contribution is -2.05. The van der Waals surface area contributed by atoms with Crippen molar-refractivity contribution in [3.05, 3.63) is 48.0 Å². The molecule has 0 fully saturated rings. The Morgan fingerprint density at radius 2 is 1.89 bits per heavy atom. The van der Waals surface area contributed by atoms with Crippen LogP contribution in [-0.4, -0.2) is 41.9 Å². The molecule has 0 saturated heterocycles. The van der Waals surface area contributed by atoms with Crippen molar-refractivity contribution in [3.8, 4) is 17.1 Å². The molecular weight excluding hydrogens is 344 g/mol. The number of hydrogen-bond donors (Lipinski definition) is 1. The molecule has 9 nitrogen and oxygen atoms in total. The normalized spacial score (nSPS) is 10.9. The van der Waals surface area contributed by atoms with Crippen molar-refractivity contribution in [1.29, 1.82) is 0 Å². The number of fused-ring (bicyclic) bond motifs is 1. The SMILES string of the molecule is CCc1nc2nnc(-c3ccnc(Nc4ccc(OC)cc4)n3)c(C)n2n1. The van der Waals surface area contributed by atoms with Crippen molar-refractivity contribution in [3.63, 3.8) is 0 Å². The van der Waals surface area contributed by atoms with E-state index in [1.54, 1.807) is 23.9 Å². The van der Waals surface area contributed by atoms with E-state index in [4.69, 9.17) is 4.74 Å². The molecule has 4 aromatic rings. The molecule has 0 bridgehead atoms. The lowest BCUT2D eigenvalue weighted by molar-refractivity contribution is 0.415. The van der Waals surface area contributed by atoms with Crippen molar-refractivity contribution >= 4 is 17.4 Å². The Morgan fingerprint density at radius 3 is 2.63 bits per heavy atom. The largest absolute Gasteiger partial charge is 0.497 e. The summed E-state index contributed by atoms with van der Waals surface area (Å²) in [6.45, 7) is 3.92. The third-order valence-corrected chi connectivity index (χ3v) is 4.09. The lowest BCUT2D eigenvalue weighted by atomic mass is 10.2. The lowest BCUT2D eigenvalue weighted by Gasteiger charge is -2.08. The number of aryl methyl sites for hydroxylation is 2. The van der Waals surface area contributed by atoms with Crippen molar-refractivity contribution < 1.29 is 4.74 Å². The third-order valence-electron chi connectivity index (χ3n) is 4.09. The fourth-order valence-corrected chi connectivity index (χ4v) is 2.64. The van der Waals surface area contributed by atoms with Crippen LogP contribution in [0.2, 0.25) is 0 Å². The molecule has 0 unspecified atom stereocenters. The topological polar surface area (TPSA) is 103 Å². The van der Waals surface area contributed by atoms with Gasteiger partial charge in [-0.05, 0) is 37.3 Å². The molecule has 9 heteroatoms. The average Bonchev–Trinajstić information content (AvgIpc) is 3.13. The molecule has 0 amide bonds. The average molecular weight is 362 g/mol. The van der Waals surface area contributed by atoms with Crippen LogP contribution in [0.5, 0.6) is 5.75 Å². The van der Waals surface area contributed by atoms with Crippen LogP contribution in [0.4, 0.5) is 11.6 Å². The van der Waals surface area contributed by atoms with E-state index in [0.29, 0.717) is 23.1 Å². The van der Waals surface area contributed by atoms with Gasteiger partial charge in [-0.25, -0.2) is 9.97 Å². The Bertz CT molecular complexity index is 1090. The molecule has 27 heavy (non-hydrogen) atoms. The molecule has 0 radical (unpaired) electrons. The molecule has 0 aliphatic rings. The summed E-state index contributed by atoms with van der Waals surface area (Å²) in [5.41, 5.74) is 2.97. The first-order valence-electron chi connectivity index (χ1n) is 8.51. The van der Waals surface area contributed by atoms with E-state index in [2.05, 4.69) is 35.6 Å². The monoisotopic (exact) mass is 362 g/mol. The van der Waals surface area contributed by atoms with E-state index in [0.717, 1.165) is 29.4 Å². The number of rotatable bonds is 5. The standard InChI is InChI=1S/C18H18N8O/c1-4-15-22-18-24-23-16(11(2)26(18)25-15)14-9-10-19-17(21-14)20-12-5-7-13(27-3)8-6-12/h5-10H,4H2,1-3H3,(H,19,20,21). The van der Waals surface area contributed by atoms with Crippen molar-refractivity contribution in [2.75, 3.05) is 12.4 Å². The van der Waals surface area contributed by atoms with Crippen LogP contribution in [0.3, 0.4) is 0 Å². The molecule has 136 valence electrons. The van der Waals surface area contributed by atoms with Gasteiger partial charge in [-0.15, -0.1) is 15.3 Å². The summed E-state index contributed by atoms with van der Waals surface area (Å²) in [7, 11) is 1.63. The van der Waals surface area contributed by atoms with E-state index in [-0.39, 0.29) is 0 Å². The highest BCUT2D eigenvalue weighted by molar-refractivity contribution is 5.61. The minimum Gasteiger partial charge on any atom is -0.497 e. The molecule has 0 saturated carbocycles. The number of anilines is 2. The molecule has 3 heterocycles. The van der Waals surface area contributed by atoms with E-state index >= 15 is 0 Å². The quantitative estimate of drug-likeness (QED) is 0.578. The van der Waals surface area contributed by atoms with Gasteiger partial charge in [0.2, 0.25) is 5.95 Å². The van der Waals surface area contributed by atoms with Gasteiger partial charge in [-0.1, -0.05) is 6.92 Å². The Morgan fingerprint density at radius 1 is 1.07 bits per heavy atom. The Balaban J connectivity index is 1.67. The molecule has 0 aliphatic carbocycles. The van der Waals surface area contributed by atoms with Crippen LogP contribution in [0, 0.1) is 6.92 Å². The second-order valence-corrected chi connectivity index (χ2v) is 5.85. The zero-order valence-electron chi connectivity index (χ0n) is 15.2. The number of ether oxygens (including phenoxy) is 1. The zero-order valence-corrected chi connectivity index (χ0v) is 15.2. The van der Waals surface area contributed by atoms with Crippen LogP contribution in [0.25, 0.3) is 17.2 Å². The Hall–Kier alpha value is -3.62. The number of benzene rings is 1. The van der Waals surface area contributed by atoms with E-state index in [9.17, 15) is 0 Å². The first kappa shape index (κ1) is 16.8. The van der Waals surface area contributed by atoms with E-state index in [1.807, 2.05) is 38.1 Å². The molecule has 1 N–H and O–H groups in total. The summed E-state index contributed by atoms with van der Waals surface area (Å²) in [4.78, 5) is 13.2. The molecule has 1 aromatic carbocycles. The number of methoxy groups -OCH3 is 1. The molecule has 0 atom stereocenters. The maximum Gasteiger partial charge on any atom is 0.272 e. The van der Waals surface area contributed by atoms with E-state index < -0.39 is 0 Å². The van der Waals surface area contributed by atoms with Crippen LogP contribution >= 0.6 is 0 Å². The Labute approximate surface area is 155 Å². The second-order valence-electron chi connectivity index (χ2n) is 5.85. The van der Waals surface area contributed by atoms with Gasteiger partial charge in [0.25, 0.3) is 5.78 Å². The molecule has 3 aromatic heterocycles. The predicted molar refractivity (Wildman–Crippen MR) is 100.0 cm³/mol. The van der Waals surface area contributed by atoms with Gasteiger partial charge in [-0.2, -0.15) is 9.50 Å². The van der Waals surface area contributed by atoms with Gasteiger partial charge in [0.15, 0.2) is 5.82 Å². The minimum absolute atomic E-state index is 0.465. The van der Waals surface area contributed by atoms with Gasteiger partial charge in [-0.3, -0.25) is 0 Å². The van der Waals surface area contributed by atoms with Crippen molar-refractivity contribution in [1.82, 2.24) is 34.8 Å². The molecule has 0 spiro atoms. The number of aromatic nitrogens is 7. The van der Waals surface area contributed by atoms with Crippen LogP contribution in [0.15, 0.2) is 36.5 Å². The summed E-state index contributed by atoms with van der Waals surface area (Å²) in [6, 6.07) is 9.32. The van der Waals surface area contributed by atoms with Gasteiger partial charge >= 0.3 is 0 Å². The molecular formula is C18H18N8O. The van der Waals surface area contributed by atoms with Gasteiger partial charge < -0.3 is 10.1 Å². The van der Waals surface area contributed by atoms with Gasteiger partial charge in [0.05, 0.1) is 18.5 Å². The van der Waals surface area contributed by atoms with Crippen LogP contribution < -0.4 is 10.1 Å². The molecule has 0 aliphatic heterocycles. The third kappa shape index (κ3) is 3.26. The van der Waals surface area contributed by atoms with Gasteiger partial charge in [0.1, 0.15) is 11.4 Å². The van der Waals surface area contributed by atoms with Crippen LogP contribution in [0.1, 0.15) is 18.4 Å². The summed E-state index contributed by atoms with van der Waals surface area (Å²) < 4.78 is 6.86. The summed E-state index contributed by atoms with van der Waals surface area (Å²) in [5, 5.41) is 16.1. The molecule has 4 rings (SSSR count). The Kier molecular flexibility index (Phi) is 4.33. The van der Waals surface area contributed by atoms with Crippen LogP contribution in [-0.2, 0) is 6.42 Å². The van der Waals surface area contributed by atoms with E-state index in [1.165, 1.54) is 0 Å². The van der Waals surface area contributed by atoms with Gasteiger partial charge in [0, 0.05) is 18.3 Å². The highest BCUT2D eigenvalue weighted by Gasteiger charge is 2.14. The number of nitrogens with zero attached hydrogens (tertiary/aromatic N) is 7. The first-order chi connectivity index (χ1) is 13.2. The number of nitrogens with one attached hydrogen (secondary N) is 1. The fourth-order valence-electron chi connectivity index (χ4n) is 2.64. The zero-order chi connectivity index (χ0) is 18.8. The predicted octanol–water partition coefficient (Wildman–Crippen LogP) is 2.60. The summed E-state index contributed by atoms with van der Waals surface area (Å²) in [5.74, 6) is 2.47. The fraction of sp³-hybridized carbons (Fsp3) is 0.222. The van der Waals surface area contributed by atoms with Crippen molar-refractivity contribution in [2.45, 2.75) is 20.3 Å². The maximum absolute atomic E-state index is 5.17. The highest BCUT2D eigenvalue weighted by Crippen LogP contribution is 2.21. The summed E-state index contributed by atoms with van der Waals surface area (Å²) in [6.07, 6.45) is 2.42. The maximum atomic E-state index is 5.17. The summed E-state index contributed by atoms with van der Waals surface area (Å²) >= 11 is 0. The smallest absolute Gasteiger partial charge is 0.272 e. The van der Waals surface area contributed by atoms with Crippen molar-refractivity contribution in [2.24, 2.45) is 0 Å². The highest BCUT2D eigenvalue weighted by atomic mass is 16.5. The minimum atomic E-state index is 0.465. The first-order valence-corrected chi connectivity index (χ1v) is 8.51.